The number of ether oxygens (including phenoxy) is 2. The molecule has 4 aromatic carbocycles. The molecule has 9 heteroatoms. The molecule has 0 saturated carbocycles. The van der Waals surface area contributed by atoms with Crippen molar-refractivity contribution < 1.29 is 13.9 Å². The zero-order valence-corrected chi connectivity index (χ0v) is 25.1. The topological polar surface area (TPSA) is 78.9 Å². The Bertz CT molecular complexity index is 2020. The molecule has 0 aliphatic carbocycles. The number of halogens is 2. The van der Waals surface area contributed by atoms with Crippen LogP contribution in [0.5, 0.6) is 11.5 Å². The number of para-hydroxylation sites is 1. The normalized spacial score (nSPS) is 11.5. The SMILES string of the molecule is CCOc1cc(C=Nn2c(-c3cc4cc(Cl)ccc4o3)nc3ccccc3c2=O)cc(Br)c1OCc1ccc(C)cc1. The Labute approximate surface area is 255 Å². The van der Waals surface area contributed by atoms with E-state index in [2.05, 4.69) is 33.2 Å². The molecule has 0 N–H and O–H groups in total. The summed E-state index contributed by atoms with van der Waals surface area (Å²) in [5.74, 6) is 1.80. The first-order valence-electron chi connectivity index (χ1n) is 13.3. The van der Waals surface area contributed by atoms with Crippen LogP contribution in [0.1, 0.15) is 23.6 Å². The van der Waals surface area contributed by atoms with E-state index in [9.17, 15) is 4.79 Å². The van der Waals surface area contributed by atoms with Crippen molar-refractivity contribution >= 4 is 55.6 Å². The number of aryl methyl sites for hydroxylation is 1. The van der Waals surface area contributed by atoms with Gasteiger partial charge in [-0.2, -0.15) is 9.78 Å². The molecule has 6 aromatic rings. The molecule has 0 bridgehead atoms. The monoisotopic (exact) mass is 641 g/mol. The number of fused-ring (bicyclic) bond motifs is 2. The summed E-state index contributed by atoms with van der Waals surface area (Å²) in [5.41, 5.74) is 3.76. The molecular weight excluding hydrogens is 618 g/mol. The van der Waals surface area contributed by atoms with E-state index in [0.29, 0.717) is 62.0 Å². The van der Waals surface area contributed by atoms with Crippen LogP contribution in [0.2, 0.25) is 5.02 Å². The fourth-order valence-corrected chi connectivity index (χ4v) is 5.30. The smallest absolute Gasteiger partial charge is 0.282 e. The second kappa shape index (κ2) is 11.8. The van der Waals surface area contributed by atoms with E-state index in [1.807, 2.05) is 44.2 Å². The predicted octanol–water partition coefficient (Wildman–Crippen LogP) is 8.39. The maximum atomic E-state index is 13.6. The number of aromatic nitrogens is 2. The van der Waals surface area contributed by atoms with Crippen LogP contribution in [-0.2, 0) is 6.61 Å². The molecule has 210 valence electrons. The lowest BCUT2D eigenvalue weighted by Gasteiger charge is -2.15. The molecule has 0 radical (unpaired) electrons. The van der Waals surface area contributed by atoms with Gasteiger partial charge in [-0.05, 0) is 89.4 Å². The van der Waals surface area contributed by atoms with E-state index in [0.717, 1.165) is 10.9 Å². The summed E-state index contributed by atoms with van der Waals surface area (Å²) >= 11 is 9.81. The van der Waals surface area contributed by atoms with Crippen LogP contribution in [0.3, 0.4) is 0 Å². The van der Waals surface area contributed by atoms with Crippen molar-refractivity contribution in [2.75, 3.05) is 6.61 Å². The van der Waals surface area contributed by atoms with E-state index in [1.54, 1.807) is 48.7 Å². The van der Waals surface area contributed by atoms with Gasteiger partial charge in [0.15, 0.2) is 17.3 Å². The summed E-state index contributed by atoms with van der Waals surface area (Å²) in [7, 11) is 0. The lowest BCUT2D eigenvalue weighted by molar-refractivity contribution is 0.267. The Hall–Kier alpha value is -4.40. The van der Waals surface area contributed by atoms with Gasteiger partial charge in [-0.15, -0.1) is 0 Å². The second-order valence-corrected chi connectivity index (χ2v) is 10.9. The Morgan fingerprint density at radius 1 is 1.02 bits per heavy atom. The minimum Gasteiger partial charge on any atom is -0.490 e. The third-order valence-electron chi connectivity index (χ3n) is 6.61. The van der Waals surface area contributed by atoms with Crippen LogP contribution in [0.25, 0.3) is 33.5 Å². The number of hydrogen-bond acceptors (Lipinski definition) is 6. The quantitative estimate of drug-likeness (QED) is 0.156. The third kappa shape index (κ3) is 5.68. The number of rotatable bonds is 8. The van der Waals surface area contributed by atoms with E-state index in [4.69, 9.17) is 30.5 Å². The summed E-state index contributed by atoms with van der Waals surface area (Å²) in [6, 6.07) is 26.1. The average Bonchev–Trinajstić information content (AvgIpc) is 3.40. The molecule has 42 heavy (non-hydrogen) atoms. The van der Waals surface area contributed by atoms with Crippen molar-refractivity contribution in [2.24, 2.45) is 5.10 Å². The van der Waals surface area contributed by atoms with Gasteiger partial charge in [0.2, 0.25) is 5.82 Å². The van der Waals surface area contributed by atoms with Crippen molar-refractivity contribution in [3.63, 3.8) is 0 Å². The minimum absolute atomic E-state index is 0.268. The summed E-state index contributed by atoms with van der Waals surface area (Å²) in [4.78, 5) is 18.4. The molecule has 6 rings (SSSR count). The maximum Gasteiger partial charge on any atom is 0.282 e. The minimum atomic E-state index is -0.326. The standard InChI is InChI=1S/C33H25BrClN3O4/c1-3-40-29-15-22(14-26(34)31(29)41-19-21-10-8-20(2)9-11-21)18-36-38-32(37-27-7-5-4-6-25(27)33(38)39)30-17-23-16-24(35)12-13-28(23)42-30/h4-18H,3,19H2,1-2H3. The van der Waals surface area contributed by atoms with Gasteiger partial charge in [0.1, 0.15) is 12.2 Å². The summed E-state index contributed by atoms with van der Waals surface area (Å²) in [5, 5.41) is 6.39. The van der Waals surface area contributed by atoms with E-state index < -0.39 is 0 Å². The first-order valence-corrected chi connectivity index (χ1v) is 14.5. The van der Waals surface area contributed by atoms with Gasteiger partial charge in [-0.3, -0.25) is 4.79 Å². The van der Waals surface area contributed by atoms with Gasteiger partial charge >= 0.3 is 0 Å². The van der Waals surface area contributed by atoms with Gasteiger partial charge in [0, 0.05) is 10.4 Å². The largest absolute Gasteiger partial charge is 0.490 e. The highest BCUT2D eigenvalue weighted by Crippen LogP contribution is 2.37. The van der Waals surface area contributed by atoms with Crippen molar-refractivity contribution in [1.29, 1.82) is 0 Å². The van der Waals surface area contributed by atoms with Crippen molar-refractivity contribution in [2.45, 2.75) is 20.5 Å². The van der Waals surface area contributed by atoms with Crippen molar-refractivity contribution in [3.05, 3.63) is 121 Å². The second-order valence-electron chi connectivity index (χ2n) is 9.64. The molecular formula is C33H25BrClN3O4. The summed E-state index contributed by atoms with van der Waals surface area (Å²) in [6.45, 7) is 4.79. The molecule has 7 nitrogen and oxygen atoms in total. The number of hydrogen-bond donors (Lipinski definition) is 0. The number of nitrogens with zero attached hydrogens (tertiary/aromatic N) is 3. The van der Waals surface area contributed by atoms with Gasteiger partial charge in [0.05, 0.1) is 28.2 Å². The Kier molecular flexibility index (Phi) is 7.82. The van der Waals surface area contributed by atoms with Crippen LogP contribution in [-0.4, -0.2) is 22.5 Å². The fourth-order valence-electron chi connectivity index (χ4n) is 4.54. The zero-order chi connectivity index (χ0) is 29.2. The highest BCUT2D eigenvalue weighted by molar-refractivity contribution is 9.10. The molecule has 0 spiro atoms. The first-order chi connectivity index (χ1) is 20.4. The zero-order valence-electron chi connectivity index (χ0n) is 22.8. The van der Waals surface area contributed by atoms with Crippen LogP contribution < -0.4 is 15.0 Å². The Morgan fingerprint density at radius 3 is 2.64 bits per heavy atom. The average molecular weight is 643 g/mol. The van der Waals surface area contributed by atoms with Gasteiger partial charge in [0.25, 0.3) is 5.56 Å². The molecule has 0 fully saturated rings. The Morgan fingerprint density at radius 2 is 1.83 bits per heavy atom. The predicted molar refractivity (Wildman–Crippen MR) is 170 cm³/mol. The van der Waals surface area contributed by atoms with Crippen molar-refractivity contribution in [1.82, 2.24) is 9.66 Å². The van der Waals surface area contributed by atoms with Gasteiger partial charge in [-0.25, -0.2) is 4.98 Å². The summed E-state index contributed by atoms with van der Waals surface area (Å²) in [6.07, 6.45) is 1.58. The third-order valence-corrected chi connectivity index (χ3v) is 7.43. The van der Waals surface area contributed by atoms with Crippen LogP contribution >= 0.6 is 27.5 Å². The van der Waals surface area contributed by atoms with Crippen LogP contribution in [0.15, 0.2) is 104 Å². The lowest BCUT2D eigenvalue weighted by atomic mass is 10.1. The molecule has 2 aromatic heterocycles. The molecule has 0 amide bonds. The molecule has 0 aliphatic rings. The molecule has 2 heterocycles. The Balaban J connectivity index is 1.40. The maximum absolute atomic E-state index is 13.6. The molecule has 0 aliphatic heterocycles. The molecule has 0 atom stereocenters. The van der Waals surface area contributed by atoms with Crippen molar-refractivity contribution in [3.8, 4) is 23.1 Å². The highest BCUT2D eigenvalue weighted by atomic mass is 79.9. The molecule has 0 saturated heterocycles. The fraction of sp³-hybridized carbons (Fsp3) is 0.121. The van der Waals surface area contributed by atoms with Gasteiger partial charge in [-0.1, -0.05) is 53.6 Å². The molecule has 0 unspecified atom stereocenters. The first kappa shape index (κ1) is 27.8. The summed E-state index contributed by atoms with van der Waals surface area (Å²) < 4.78 is 20.1. The highest BCUT2D eigenvalue weighted by Gasteiger charge is 2.17. The van der Waals surface area contributed by atoms with Crippen LogP contribution in [0.4, 0.5) is 0 Å². The van der Waals surface area contributed by atoms with E-state index >= 15 is 0 Å². The lowest BCUT2D eigenvalue weighted by Crippen LogP contribution is -2.20. The van der Waals surface area contributed by atoms with E-state index in [1.165, 1.54) is 10.2 Å². The van der Waals surface area contributed by atoms with Crippen LogP contribution in [0, 0.1) is 6.92 Å². The van der Waals surface area contributed by atoms with Gasteiger partial charge < -0.3 is 13.9 Å². The number of benzene rings is 4. The number of furan rings is 1. The van der Waals surface area contributed by atoms with E-state index in [-0.39, 0.29) is 11.4 Å².